The first-order valence-electron chi connectivity index (χ1n) is 11.6. The summed E-state index contributed by atoms with van der Waals surface area (Å²) >= 11 is 0. The number of carboxylic acid groups (broad SMARTS) is 1. The Bertz CT molecular complexity index is 1370. The minimum Gasteiger partial charge on any atom is -0.478 e. The van der Waals surface area contributed by atoms with Crippen LogP contribution in [0.5, 0.6) is 0 Å². The lowest BCUT2D eigenvalue weighted by molar-refractivity contribution is 0.0697. The zero-order valence-corrected chi connectivity index (χ0v) is 21.3. The van der Waals surface area contributed by atoms with Gasteiger partial charge >= 0.3 is 5.97 Å². The Morgan fingerprint density at radius 1 is 0.971 bits per heavy atom. The highest BCUT2D eigenvalue weighted by Crippen LogP contribution is 2.33. The molecule has 0 amide bonds. The van der Waals surface area contributed by atoms with Crippen LogP contribution in [0.25, 0.3) is 0 Å². The molecule has 1 unspecified atom stereocenters. The van der Waals surface area contributed by atoms with Crippen molar-refractivity contribution in [3.63, 3.8) is 0 Å². The van der Waals surface area contributed by atoms with E-state index in [0.29, 0.717) is 24.3 Å². The molecule has 1 heterocycles. The van der Waals surface area contributed by atoms with Gasteiger partial charge in [-0.05, 0) is 80.8 Å². The van der Waals surface area contributed by atoms with Crippen LogP contribution in [0, 0.1) is 20.8 Å². The average Bonchev–Trinajstić information content (AvgIpc) is 2.80. The zero-order valence-electron chi connectivity index (χ0n) is 20.4. The fourth-order valence-electron chi connectivity index (χ4n) is 4.59. The van der Waals surface area contributed by atoms with Crippen molar-refractivity contribution in [1.29, 1.82) is 0 Å². The molecule has 1 aliphatic heterocycles. The molecular formula is C27H31N3O4S. The van der Waals surface area contributed by atoms with E-state index < -0.39 is 16.0 Å². The summed E-state index contributed by atoms with van der Waals surface area (Å²) < 4.78 is 29.4. The third kappa shape index (κ3) is 5.27. The second-order valence-electron chi connectivity index (χ2n) is 9.24. The fourth-order valence-corrected chi connectivity index (χ4v) is 5.99. The van der Waals surface area contributed by atoms with Crippen molar-refractivity contribution >= 4 is 33.1 Å². The minimum atomic E-state index is -3.92. The van der Waals surface area contributed by atoms with E-state index >= 15 is 0 Å². The van der Waals surface area contributed by atoms with E-state index in [9.17, 15) is 18.3 Å². The van der Waals surface area contributed by atoms with Gasteiger partial charge in [0.25, 0.3) is 10.0 Å². The SMILES string of the molecule is Cc1cccc(N2CCN(c3ccc(C(=O)O)cc3NS(=O)(=O)c3cc(C)ccc3C)CC2C)c1. The van der Waals surface area contributed by atoms with Crippen molar-refractivity contribution < 1.29 is 18.3 Å². The van der Waals surface area contributed by atoms with Gasteiger partial charge in [0.15, 0.2) is 0 Å². The number of carbonyl (C=O) groups is 1. The van der Waals surface area contributed by atoms with Crippen LogP contribution in [-0.4, -0.2) is 45.2 Å². The summed E-state index contributed by atoms with van der Waals surface area (Å²) in [7, 11) is -3.92. The maximum absolute atomic E-state index is 13.3. The molecule has 0 spiro atoms. The molecule has 1 atom stereocenters. The lowest BCUT2D eigenvalue weighted by atomic mass is 10.1. The lowest BCUT2D eigenvalue weighted by Crippen LogP contribution is -2.52. The number of hydrogen-bond donors (Lipinski definition) is 2. The normalized spacial score (nSPS) is 16.3. The van der Waals surface area contributed by atoms with E-state index in [2.05, 4.69) is 52.6 Å². The summed E-state index contributed by atoms with van der Waals surface area (Å²) in [6, 6.07) is 18.4. The van der Waals surface area contributed by atoms with Crippen LogP contribution in [-0.2, 0) is 10.0 Å². The summed E-state index contributed by atoms with van der Waals surface area (Å²) in [5.74, 6) is -1.11. The van der Waals surface area contributed by atoms with Crippen LogP contribution in [0.3, 0.4) is 0 Å². The number of aromatic carboxylic acids is 1. The summed E-state index contributed by atoms with van der Waals surface area (Å²) in [5, 5.41) is 9.53. The second kappa shape index (κ2) is 9.62. The fraction of sp³-hybridized carbons (Fsp3) is 0.296. The molecule has 1 aliphatic rings. The molecule has 184 valence electrons. The average molecular weight is 494 g/mol. The molecule has 1 fully saturated rings. The van der Waals surface area contributed by atoms with Crippen molar-refractivity contribution in [2.24, 2.45) is 0 Å². The molecule has 0 aromatic heterocycles. The van der Waals surface area contributed by atoms with E-state index in [1.807, 2.05) is 13.0 Å². The third-order valence-corrected chi connectivity index (χ3v) is 7.93. The number of rotatable bonds is 6. The number of carboxylic acids is 1. The Balaban J connectivity index is 1.66. The topological polar surface area (TPSA) is 89.9 Å². The maximum atomic E-state index is 13.3. The number of hydrogen-bond acceptors (Lipinski definition) is 5. The van der Waals surface area contributed by atoms with E-state index in [1.54, 1.807) is 25.1 Å². The number of piperazine rings is 1. The van der Waals surface area contributed by atoms with Gasteiger partial charge in [-0.25, -0.2) is 13.2 Å². The smallest absolute Gasteiger partial charge is 0.335 e. The first kappa shape index (κ1) is 24.6. The number of sulfonamides is 1. The van der Waals surface area contributed by atoms with Crippen LogP contribution in [0.1, 0.15) is 34.0 Å². The van der Waals surface area contributed by atoms with Gasteiger partial charge in [0.1, 0.15) is 0 Å². The van der Waals surface area contributed by atoms with Gasteiger partial charge in [-0.15, -0.1) is 0 Å². The Hall–Kier alpha value is -3.52. The van der Waals surface area contributed by atoms with E-state index in [0.717, 1.165) is 17.8 Å². The molecule has 3 aromatic rings. The van der Waals surface area contributed by atoms with E-state index in [4.69, 9.17) is 0 Å². The Morgan fingerprint density at radius 3 is 2.40 bits per heavy atom. The highest BCUT2D eigenvalue weighted by Gasteiger charge is 2.27. The maximum Gasteiger partial charge on any atom is 0.335 e. The second-order valence-corrected chi connectivity index (χ2v) is 10.9. The number of anilines is 3. The Morgan fingerprint density at radius 2 is 1.71 bits per heavy atom. The highest BCUT2D eigenvalue weighted by molar-refractivity contribution is 7.92. The molecule has 1 saturated heterocycles. The molecule has 0 saturated carbocycles. The molecule has 7 nitrogen and oxygen atoms in total. The first-order valence-corrected chi connectivity index (χ1v) is 13.1. The van der Waals surface area contributed by atoms with Crippen molar-refractivity contribution in [2.45, 2.75) is 38.6 Å². The predicted molar refractivity (Wildman–Crippen MR) is 140 cm³/mol. The van der Waals surface area contributed by atoms with E-state index in [-0.39, 0.29) is 22.2 Å². The first-order chi connectivity index (χ1) is 16.5. The Kier molecular flexibility index (Phi) is 6.76. The number of benzene rings is 3. The number of nitrogens with zero attached hydrogens (tertiary/aromatic N) is 2. The molecule has 2 N–H and O–H groups in total. The van der Waals surface area contributed by atoms with Gasteiger partial charge in [-0.3, -0.25) is 4.72 Å². The Labute approximate surface area is 207 Å². The molecule has 0 radical (unpaired) electrons. The third-order valence-electron chi connectivity index (χ3n) is 6.42. The van der Waals surface area contributed by atoms with Crippen LogP contribution in [0.15, 0.2) is 65.6 Å². The van der Waals surface area contributed by atoms with Gasteiger partial charge < -0.3 is 14.9 Å². The molecule has 0 aliphatic carbocycles. The standard InChI is InChI=1S/C27H31N3O4S/c1-18-6-5-7-23(14-18)30-13-12-29(17-21(30)4)25-11-10-22(27(31)32)16-24(25)28-35(33,34)26-15-19(2)8-9-20(26)3/h5-11,14-16,21,28H,12-13,17H2,1-4H3,(H,31,32). The zero-order chi connectivity index (χ0) is 25.3. The summed E-state index contributed by atoms with van der Waals surface area (Å²) in [6.45, 7) is 9.89. The quantitative estimate of drug-likeness (QED) is 0.511. The van der Waals surface area contributed by atoms with Crippen LogP contribution in [0.4, 0.5) is 17.1 Å². The predicted octanol–water partition coefficient (Wildman–Crippen LogP) is 4.83. The number of aryl methyl sites for hydroxylation is 3. The molecule has 4 rings (SSSR count). The summed E-state index contributed by atoms with van der Waals surface area (Å²) in [4.78, 5) is 16.3. The lowest BCUT2D eigenvalue weighted by Gasteiger charge is -2.43. The van der Waals surface area contributed by atoms with Crippen LogP contribution >= 0.6 is 0 Å². The van der Waals surface area contributed by atoms with Gasteiger partial charge in [0.05, 0.1) is 21.8 Å². The van der Waals surface area contributed by atoms with Crippen molar-refractivity contribution in [2.75, 3.05) is 34.2 Å². The highest BCUT2D eigenvalue weighted by atomic mass is 32.2. The molecular weight excluding hydrogens is 462 g/mol. The largest absolute Gasteiger partial charge is 0.478 e. The van der Waals surface area contributed by atoms with Gasteiger partial charge in [-0.2, -0.15) is 0 Å². The minimum absolute atomic E-state index is 0.0267. The summed E-state index contributed by atoms with van der Waals surface area (Å²) in [6.07, 6.45) is 0. The molecule has 8 heteroatoms. The van der Waals surface area contributed by atoms with Gasteiger partial charge in [-0.1, -0.05) is 24.3 Å². The van der Waals surface area contributed by atoms with Gasteiger partial charge in [0.2, 0.25) is 0 Å². The van der Waals surface area contributed by atoms with E-state index in [1.165, 1.54) is 17.7 Å². The number of nitrogens with one attached hydrogen (secondary N) is 1. The molecule has 0 bridgehead atoms. The van der Waals surface area contributed by atoms with Crippen molar-refractivity contribution in [3.8, 4) is 0 Å². The van der Waals surface area contributed by atoms with Crippen molar-refractivity contribution in [1.82, 2.24) is 0 Å². The van der Waals surface area contributed by atoms with Crippen LogP contribution < -0.4 is 14.5 Å². The summed E-state index contributed by atoms with van der Waals surface area (Å²) in [5.41, 5.74) is 4.77. The molecule has 35 heavy (non-hydrogen) atoms. The monoisotopic (exact) mass is 493 g/mol. The van der Waals surface area contributed by atoms with Crippen molar-refractivity contribution in [3.05, 3.63) is 82.9 Å². The van der Waals surface area contributed by atoms with Crippen LogP contribution in [0.2, 0.25) is 0 Å². The molecule has 3 aromatic carbocycles. The van der Waals surface area contributed by atoms with Gasteiger partial charge in [0, 0.05) is 31.4 Å².